The highest BCUT2D eigenvalue weighted by molar-refractivity contribution is 5.85. The second kappa shape index (κ2) is 5.71. The summed E-state index contributed by atoms with van der Waals surface area (Å²) in [7, 11) is 0. The molecule has 0 heterocycles. The van der Waals surface area contributed by atoms with Crippen molar-refractivity contribution in [1.82, 2.24) is 0 Å². The van der Waals surface area contributed by atoms with Crippen LogP contribution in [0.4, 0.5) is 0 Å². The van der Waals surface area contributed by atoms with Crippen molar-refractivity contribution in [2.75, 3.05) is 6.61 Å². The van der Waals surface area contributed by atoms with Crippen LogP contribution in [0.2, 0.25) is 0 Å². The third-order valence-electron chi connectivity index (χ3n) is 2.66. The summed E-state index contributed by atoms with van der Waals surface area (Å²) in [5.41, 5.74) is 1.41. The average molecular weight is 248 g/mol. The van der Waals surface area contributed by atoms with Gasteiger partial charge >= 0.3 is 5.97 Å². The lowest BCUT2D eigenvalue weighted by Gasteiger charge is -2.22. The highest BCUT2D eigenvalue weighted by atomic mass is 16.5. The van der Waals surface area contributed by atoms with Crippen LogP contribution in [-0.2, 0) is 10.2 Å². The molecule has 0 saturated carbocycles. The first-order valence-electron chi connectivity index (χ1n) is 5.94. The molecule has 18 heavy (non-hydrogen) atoms. The van der Waals surface area contributed by atoms with Gasteiger partial charge in [-0.2, -0.15) is 0 Å². The minimum Gasteiger partial charge on any atom is -0.489 e. The molecule has 1 N–H and O–H groups in total. The Kier molecular flexibility index (Phi) is 4.54. The van der Waals surface area contributed by atoms with Gasteiger partial charge in [0.05, 0.1) is 0 Å². The van der Waals surface area contributed by atoms with Gasteiger partial charge < -0.3 is 9.84 Å². The summed E-state index contributed by atoms with van der Waals surface area (Å²) in [5.74, 6) is -0.109. The molecule has 0 spiro atoms. The Bertz CT molecular complexity index is 453. The van der Waals surface area contributed by atoms with E-state index in [4.69, 9.17) is 9.84 Å². The number of para-hydroxylation sites is 1. The van der Waals surface area contributed by atoms with E-state index in [0.29, 0.717) is 5.57 Å². The molecule has 0 fully saturated rings. The highest BCUT2D eigenvalue weighted by Crippen LogP contribution is 2.30. The van der Waals surface area contributed by atoms with E-state index in [-0.39, 0.29) is 12.0 Å². The van der Waals surface area contributed by atoms with Crippen LogP contribution in [0.25, 0.3) is 0 Å². The molecule has 98 valence electrons. The maximum Gasteiger partial charge on any atom is 0.331 e. The maximum atomic E-state index is 10.6. The van der Waals surface area contributed by atoms with E-state index in [2.05, 4.69) is 20.8 Å². The van der Waals surface area contributed by atoms with Crippen molar-refractivity contribution in [1.29, 1.82) is 0 Å². The van der Waals surface area contributed by atoms with Gasteiger partial charge in [-0.3, -0.25) is 0 Å². The van der Waals surface area contributed by atoms with Crippen LogP contribution in [0.1, 0.15) is 33.3 Å². The molecule has 0 saturated heterocycles. The van der Waals surface area contributed by atoms with E-state index in [0.717, 1.165) is 11.3 Å². The summed E-state index contributed by atoms with van der Waals surface area (Å²) in [5, 5.41) is 8.74. The fourth-order valence-corrected chi connectivity index (χ4v) is 1.56. The van der Waals surface area contributed by atoms with Gasteiger partial charge in [-0.1, -0.05) is 39.0 Å². The topological polar surface area (TPSA) is 46.5 Å². The van der Waals surface area contributed by atoms with Crippen molar-refractivity contribution in [3.63, 3.8) is 0 Å². The van der Waals surface area contributed by atoms with Crippen LogP contribution in [0, 0.1) is 0 Å². The van der Waals surface area contributed by atoms with Crippen molar-refractivity contribution in [2.24, 2.45) is 0 Å². The summed E-state index contributed by atoms with van der Waals surface area (Å²) < 4.78 is 5.64. The Morgan fingerprint density at radius 2 is 1.94 bits per heavy atom. The molecule has 0 amide bonds. The van der Waals surface area contributed by atoms with Gasteiger partial charge in [0, 0.05) is 5.57 Å². The van der Waals surface area contributed by atoms with Gasteiger partial charge in [0.15, 0.2) is 0 Å². The minimum atomic E-state index is -0.914. The van der Waals surface area contributed by atoms with Crippen LogP contribution in [-0.4, -0.2) is 17.7 Å². The summed E-state index contributed by atoms with van der Waals surface area (Å²) in [6.45, 7) is 8.18. The lowest BCUT2D eigenvalue weighted by atomic mass is 9.86. The van der Waals surface area contributed by atoms with E-state index in [1.807, 2.05) is 24.3 Å². The maximum absolute atomic E-state index is 10.6. The number of ether oxygens (including phenoxy) is 1. The Morgan fingerprint density at radius 3 is 2.50 bits per heavy atom. The number of carboxylic acid groups (broad SMARTS) is 1. The molecule has 0 unspecified atom stereocenters. The standard InChI is InChI=1S/C15H20O3/c1-11(14(16)17)9-10-18-13-8-6-5-7-12(13)15(2,3)4/h5-9H,10H2,1-4H3,(H,16,17). The molecule has 1 aromatic carbocycles. The summed E-state index contributed by atoms with van der Waals surface area (Å²) in [6, 6.07) is 7.83. The van der Waals surface area contributed by atoms with Gasteiger partial charge in [-0.05, 0) is 30.0 Å². The van der Waals surface area contributed by atoms with Crippen LogP contribution < -0.4 is 4.74 Å². The average Bonchev–Trinajstić information content (AvgIpc) is 2.28. The van der Waals surface area contributed by atoms with Gasteiger partial charge in [0.2, 0.25) is 0 Å². The van der Waals surface area contributed by atoms with Gasteiger partial charge in [0.1, 0.15) is 12.4 Å². The number of hydrogen-bond acceptors (Lipinski definition) is 2. The quantitative estimate of drug-likeness (QED) is 0.831. The van der Waals surface area contributed by atoms with Crippen LogP contribution in [0.3, 0.4) is 0 Å². The summed E-state index contributed by atoms with van der Waals surface area (Å²) >= 11 is 0. The van der Waals surface area contributed by atoms with Crippen LogP contribution in [0.5, 0.6) is 5.75 Å². The van der Waals surface area contributed by atoms with Crippen molar-refractivity contribution < 1.29 is 14.6 Å². The minimum absolute atomic E-state index is 0.00213. The van der Waals surface area contributed by atoms with Crippen LogP contribution >= 0.6 is 0 Å². The molecule has 1 rings (SSSR count). The first-order chi connectivity index (χ1) is 8.32. The van der Waals surface area contributed by atoms with Gasteiger partial charge in [-0.15, -0.1) is 0 Å². The van der Waals surface area contributed by atoms with Crippen molar-refractivity contribution in [3.8, 4) is 5.75 Å². The highest BCUT2D eigenvalue weighted by Gasteiger charge is 2.18. The third kappa shape index (κ3) is 3.91. The molecule has 0 bridgehead atoms. The normalized spacial score (nSPS) is 12.3. The zero-order chi connectivity index (χ0) is 13.8. The molecule has 3 heteroatoms. The van der Waals surface area contributed by atoms with Crippen molar-refractivity contribution in [3.05, 3.63) is 41.5 Å². The van der Waals surface area contributed by atoms with Gasteiger partial charge in [-0.25, -0.2) is 4.79 Å². The molecule has 0 aliphatic rings. The zero-order valence-electron chi connectivity index (χ0n) is 11.4. The fourth-order valence-electron chi connectivity index (χ4n) is 1.56. The van der Waals surface area contributed by atoms with E-state index >= 15 is 0 Å². The van der Waals surface area contributed by atoms with E-state index in [9.17, 15) is 4.79 Å². The number of aliphatic carboxylic acids is 1. The van der Waals surface area contributed by atoms with Gasteiger partial charge in [0.25, 0.3) is 0 Å². The lowest BCUT2D eigenvalue weighted by Crippen LogP contribution is -2.13. The summed E-state index contributed by atoms with van der Waals surface area (Å²) in [4.78, 5) is 10.6. The molecule has 3 nitrogen and oxygen atoms in total. The first kappa shape index (κ1) is 14.3. The Morgan fingerprint density at radius 1 is 1.33 bits per heavy atom. The molecule has 0 atom stereocenters. The van der Waals surface area contributed by atoms with Crippen molar-refractivity contribution in [2.45, 2.75) is 33.1 Å². The van der Waals surface area contributed by atoms with E-state index < -0.39 is 5.97 Å². The molecule has 1 aromatic rings. The third-order valence-corrected chi connectivity index (χ3v) is 2.66. The number of rotatable bonds is 4. The number of benzene rings is 1. The summed E-state index contributed by atoms with van der Waals surface area (Å²) in [6.07, 6.45) is 1.57. The number of carboxylic acids is 1. The zero-order valence-corrected chi connectivity index (χ0v) is 11.4. The van der Waals surface area contributed by atoms with Crippen LogP contribution in [0.15, 0.2) is 35.9 Å². The Balaban J connectivity index is 2.80. The Labute approximate surface area is 108 Å². The smallest absolute Gasteiger partial charge is 0.331 e. The first-order valence-corrected chi connectivity index (χ1v) is 5.94. The predicted molar refractivity (Wildman–Crippen MR) is 72.0 cm³/mol. The fraction of sp³-hybridized carbons (Fsp3) is 0.400. The largest absolute Gasteiger partial charge is 0.489 e. The second-order valence-corrected chi connectivity index (χ2v) is 5.25. The molecule has 0 aromatic heterocycles. The number of hydrogen-bond donors (Lipinski definition) is 1. The lowest BCUT2D eigenvalue weighted by molar-refractivity contribution is -0.132. The molecule has 0 aliphatic heterocycles. The second-order valence-electron chi connectivity index (χ2n) is 5.25. The molecular weight excluding hydrogens is 228 g/mol. The Hall–Kier alpha value is -1.77. The monoisotopic (exact) mass is 248 g/mol. The van der Waals surface area contributed by atoms with E-state index in [1.54, 1.807) is 13.0 Å². The molecule has 0 aliphatic carbocycles. The number of carbonyl (C=O) groups is 1. The van der Waals surface area contributed by atoms with Crippen molar-refractivity contribution >= 4 is 5.97 Å². The molecular formula is C15H20O3. The predicted octanol–water partition coefficient (Wildman–Crippen LogP) is 3.39. The van der Waals surface area contributed by atoms with E-state index in [1.165, 1.54) is 0 Å². The SMILES string of the molecule is CC(=CCOc1ccccc1C(C)(C)C)C(=O)O. The molecule has 0 radical (unpaired) electrons.